The van der Waals surface area contributed by atoms with Crippen LogP contribution in [-0.2, 0) is 0 Å². The highest BCUT2D eigenvalue weighted by Gasteiger charge is 2.07. The minimum atomic E-state index is -0.228. The fraction of sp³-hybridized carbons (Fsp3) is 0. The lowest BCUT2D eigenvalue weighted by Gasteiger charge is -2.03. The molecule has 1 aromatic carbocycles. The van der Waals surface area contributed by atoms with Crippen molar-refractivity contribution >= 4 is 5.69 Å². The summed E-state index contributed by atoms with van der Waals surface area (Å²) in [4.78, 5) is 18.7. The lowest BCUT2D eigenvalue weighted by atomic mass is 10.1. The second-order valence-electron chi connectivity index (χ2n) is 4.08. The van der Waals surface area contributed by atoms with Gasteiger partial charge in [0.15, 0.2) is 11.6 Å². The third kappa shape index (κ3) is 2.26. The molecule has 0 aliphatic carbocycles. The van der Waals surface area contributed by atoms with Crippen LogP contribution in [0.15, 0.2) is 57.9 Å². The molecule has 0 saturated heterocycles. The first-order valence-electron chi connectivity index (χ1n) is 5.73. The summed E-state index contributed by atoms with van der Waals surface area (Å²) in [5.41, 5.74) is 7.48. The molecule has 0 aliphatic heterocycles. The first-order chi connectivity index (χ1) is 9.22. The summed E-state index contributed by atoms with van der Waals surface area (Å²) in [5, 5.41) is 0. The number of benzene rings is 1. The van der Waals surface area contributed by atoms with E-state index in [0.717, 1.165) is 5.56 Å². The molecule has 0 fully saturated rings. The van der Waals surface area contributed by atoms with Gasteiger partial charge in [-0.2, -0.15) is 0 Å². The van der Waals surface area contributed by atoms with E-state index in [1.54, 1.807) is 24.3 Å². The SMILES string of the molecule is Nc1ccc(-c2cc(=O)[nH]c(-c3ccco3)n2)cc1. The quantitative estimate of drug-likeness (QED) is 0.686. The van der Waals surface area contributed by atoms with E-state index in [9.17, 15) is 4.79 Å². The van der Waals surface area contributed by atoms with Gasteiger partial charge in [-0.15, -0.1) is 0 Å². The summed E-state index contributed by atoms with van der Waals surface area (Å²) in [6.45, 7) is 0. The molecule has 3 rings (SSSR count). The second-order valence-corrected chi connectivity index (χ2v) is 4.08. The molecule has 5 heteroatoms. The Balaban J connectivity index is 2.12. The number of hydrogen-bond donors (Lipinski definition) is 2. The Hall–Kier alpha value is -2.82. The molecule has 3 N–H and O–H groups in total. The van der Waals surface area contributed by atoms with Crippen molar-refractivity contribution in [1.29, 1.82) is 0 Å². The Kier molecular flexibility index (Phi) is 2.64. The van der Waals surface area contributed by atoms with Crippen molar-refractivity contribution in [1.82, 2.24) is 9.97 Å². The lowest BCUT2D eigenvalue weighted by Crippen LogP contribution is -2.08. The highest BCUT2D eigenvalue weighted by molar-refractivity contribution is 5.63. The van der Waals surface area contributed by atoms with Crippen LogP contribution >= 0.6 is 0 Å². The van der Waals surface area contributed by atoms with Gasteiger partial charge in [0.05, 0.1) is 12.0 Å². The van der Waals surface area contributed by atoms with Crippen LogP contribution in [-0.4, -0.2) is 9.97 Å². The summed E-state index contributed by atoms with van der Waals surface area (Å²) in [7, 11) is 0. The number of nitrogens with one attached hydrogen (secondary N) is 1. The number of furan rings is 1. The molecule has 0 aliphatic rings. The smallest absolute Gasteiger partial charge is 0.251 e. The molecule has 0 unspecified atom stereocenters. The van der Waals surface area contributed by atoms with Gasteiger partial charge in [0.2, 0.25) is 0 Å². The Morgan fingerprint density at radius 2 is 1.95 bits per heavy atom. The molecule has 19 heavy (non-hydrogen) atoms. The van der Waals surface area contributed by atoms with Gasteiger partial charge >= 0.3 is 0 Å². The van der Waals surface area contributed by atoms with E-state index < -0.39 is 0 Å². The maximum absolute atomic E-state index is 11.7. The largest absolute Gasteiger partial charge is 0.461 e. The van der Waals surface area contributed by atoms with Crippen LogP contribution in [0.1, 0.15) is 0 Å². The number of aromatic nitrogens is 2. The highest BCUT2D eigenvalue weighted by Crippen LogP contribution is 2.20. The van der Waals surface area contributed by atoms with Gasteiger partial charge in [-0.1, -0.05) is 12.1 Å². The van der Waals surface area contributed by atoms with E-state index in [0.29, 0.717) is 23.0 Å². The van der Waals surface area contributed by atoms with Crippen LogP contribution in [0.25, 0.3) is 22.8 Å². The predicted molar refractivity (Wildman–Crippen MR) is 72.4 cm³/mol. The highest BCUT2D eigenvalue weighted by atomic mass is 16.3. The number of hydrogen-bond acceptors (Lipinski definition) is 4. The van der Waals surface area contributed by atoms with E-state index in [1.807, 2.05) is 12.1 Å². The molecule has 2 heterocycles. The summed E-state index contributed by atoms with van der Waals surface area (Å²) in [5.74, 6) is 0.929. The zero-order valence-corrected chi connectivity index (χ0v) is 9.96. The van der Waals surface area contributed by atoms with Gasteiger partial charge in [0, 0.05) is 17.3 Å². The number of rotatable bonds is 2. The maximum atomic E-state index is 11.7. The lowest BCUT2D eigenvalue weighted by molar-refractivity contribution is 0.577. The molecule has 94 valence electrons. The zero-order chi connectivity index (χ0) is 13.2. The number of nitrogen functional groups attached to an aromatic ring is 1. The fourth-order valence-electron chi connectivity index (χ4n) is 1.79. The van der Waals surface area contributed by atoms with E-state index in [1.165, 1.54) is 12.3 Å². The zero-order valence-electron chi connectivity index (χ0n) is 9.96. The molecular formula is C14H11N3O2. The Bertz CT molecular complexity index is 743. The normalized spacial score (nSPS) is 10.5. The van der Waals surface area contributed by atoms with E-state index in [-0.39, 0.29) is 5.56 Å². The second kappa shape index (κ2) is 4.45. The van der Waals surface area contributed by atoms with Crippen molar-refractivity contribution in [3.05, 3.63) is 59.1 Å². The van der Waals surface area contributed by atoms with Crippen LogP contribution < -0.4 is 11.3 Å². The minimum absolute atomic E-state index is 0.228. The molecule has 3 aromatic rings. The number of H-pyrrole nitrogens is 1. The Labute approximate surface area is 108 Å². The van der Waals surface area contributed by atoms with Gasteiger partial charge in [-0.3, -0.25) is 4.79 Å². The summed E-state index contributed by atoms with van der Waals surface area (Å²) >= 11 is 0. The molecule has 0 radical (unpaired) electrons. The third-order valence-corrected chi connectivity index (χ3v) is 2.70. The minimum Gasteiger partial charge on any atom is -0.461 e. The van der Waals surface area contributed by atoms with Gasteiger partial charge in [-0.05, 0) is 24.3 Å². The average molecular weight is 253 g/mol. The van der Waals surface area contributed by atoms with Gasteiger partial charge in [0.25, 0.3) is 5.56 Å². The van der Waals surface area contributed by atoms with Crippen molar-refractivity contribution in [2.75, 3.05) is 5.73 Å². The Morgan fingerprint density at radius 1 is 1.16 bits per heavy atom. The molecule has 0 atom stereocenters. The van der Waals surface area contributed by atoms with Gasteiger partial charge in [-0.25, -0.2) is 4.98 Å². The molecular weight excluding hydrogens is 242 g/mol. The van der Waals surface area contributed by atoms with Crippen molar-refractivity contribution < 1.29 is 4.42 Å². The van der Waals surface area contributed by atoms with E-state index >= 15 is 0 Å². The molecule has 0 saturated carbocycles. The van der Waals surface area contributed by atoms with E-state index in [2.05, 4.69) is 9.97 Å². The summed E-state index contributed by atoms with van der Waals surface area (Å²) in [6.07, 6.45) is 1.53. The number of anilines is 1. The van der Waals surface area contributed by atoms with Crippen LogP contribution in [0, 0.1) is 0 Å². The summed E-state index contributed by atoms with van der Waals surface area (Å²) < 4.78 is 5.23. The van der Waals surface area contributed by atoms with Gasteiger partial charge in [0.1, 0.15) is 0 Å². The van der Waals surface area contributed by atoms with Crippen molar-refractivity contribution in [2.24, 2.45) is 0 Å². The standard InChI is InChI=1S/C14H11N3O2/c15-10-5-3-9(4-6-10)11-8-13(18)17-14(16-11)12-2-1-7-19-12/h1-8H,15H2,(H,16,17,18). The molecule has 0 bridgehead atoms. The maximum Gasteiger partial charge on any atom is 0.251 e. The number of nitrogens with two attached hydrogens (primary N) is 1. The predicted octanol–water partition coefficient (Wildman–Crippen LogP) is 2.28. The summed E-state index contributed by atoms with van der Waals surface area (Å²) in [6, 6.07) is 12.1. The van der Waals surface area contributed by atoms with Crippen LogP contribution in [0.2, 0.25) is 0 Å². The van der Waals surface area contributed by atoms with Crippen LogP contribution in [0.4, 0.5) is 5.69 Å². The van der Waals surface area contributed by atoms with Crippen molar-refractivity contribution in [3.8, 4) is 22.8 Å². The monoisotopic (exact) mass is 253 g/mol. The number of aromatic amines is 1. The van der Waals surface area contributed by atoms with Gasteiger partial charge < -0.3 is 15.1 Å². The molecule has 0 spiro atoms. The van der Waals surface area contributed by atoms with E-state index in [4.69, 9.17) is 10.2 Å². The van der Waals surface area contributed by atoms with Crippen LogP contribution in [0.3, 0.4) is 0 Å². The van der Waals surface area contributed by atoms with Crippen molar-refractivity contribution in [2.45, 2.75) is 0 Å². The Morgan fingerprint density at radius 3 is 2.63 bits per heavy atom. The van der Waals surface area contributed by atoms with Crippen LogP contribution in [0.5, 0.6) is 0 Å². The van der Waals surface area contributed by atoms with Crippen molar-refractivity contribution in [3.63, 3.8) is 0 Å². The number of nitrogens with zero attached hydrogens (tertiary/aromatic N) is 1. The molecule has 0 amide bonds. The first kappa shape index (κ1) is 11.3. The molecule has 2 aromatic heterocycles. The first-order valence-corrected chi connectivity index (χ1v) is 5.73. The third-order valence-electron chi connectivity index (χ3n) is 2.70. The topological polar surface area (TPSA) is 84.9 Å². The molecule has 5 nitrogen and oxygen atoms in total. The average Bonchev–Trinajstić information content (AvgIpc) is 2.93. The fourth-order valence-corrected chi connectivity index (χ4v) is 1.79.